The summed E-state index contributed by atoms with van der Waals surface area (Å²) in [6.45, 7) is 2.37. The summed E-state index contributed by atoms with van der Waals surface area (Å²) < 4.78 is 54.2. The third kappa shape index (κ3) is 5.36. The second kappa shape index (κ2) is 10.4. The van der Waals surface area contributed by atoms with Crippen LogP contribution in [0.4, 0.5) is 13.2 Å². The van der Waals surface area contributed by atoms with E-state index >= 15 is 0 Å². The van der Waals surface area contributed by atoms with Gasteiger partial charge in [-0.1, -0.05) is 42.5 Å². The van der Waals surface area contributed by atoms with Crippen LogP contribution in [0.2, 0.25) is 0 Å². The molecule has 0 spiro atoms. The van der Waals surface area contributed by atoms with Crippen molar-refractivity contribution in [2.24, 2.45) is 0 Å². The molecule has 0 radical (unpaired) electrons. The molecule has 0 saturated heterocycles. The molecule has 0 unspecified atom stereocenters. The van der Waals surface area contributed by atoms with Crippen LogP contribution in [0.15, 0.2) is 78.9 Å². The first-order valence-corrected chi connectivity index (χ1v) is 10.8. The monoisotopic (exact) mass is 478 g/mol. The summed E-state index contributed by atoms with van der Waals surface area (Å²) in [7, 11) is 0. The first kappa shape index (κ1) is 24.0. The molecule has 4 nitrogen and oxygen atoms in total. The number of hydrogen-bond donors (Lipinski definition) is 1. The van der Waals surface area contributed by atoms with Crippen LogP contribution in [-0.4, -0.2) is 17.7 Å². The largest absolute Gasteiger partial charge is 0.508 e. The lowest BCUT2D eigenvalue weighted by Gasteiger charge is -2.10. The van der Waals surface area contributed by atoms with Crippen LogP contribution in [0.1, 0.15) is 22.8 Å². The third-order valence-electron chi connectivity index (χ3n) is 5.39. The van der Waals surface area contributed by atoms with E-state index in [0.29, 0.717) is 23.3 Å². The molecule has 178 valence electrons. The molecule has 7 heteroatoms. The number of esters is 1. The van der Waals surface area contributed by atoms with Gasteiger partial charge in [0.2, 0.25) is 0 Å². The highest BCUT2D eigenvalue weighted by atomic mass is 19.2. The van der Waals surface area contributed by atoms with Crippen LogP contribution in [0, 0.1) is 17.5 Å². The Morgan fingerprint density at radius 3 is 1.91 bits per heavy atom. The van der Waals surface area contributed by atoms with E-state index < -0.39 is 23.4 Å². The Hall–Kier alpha value is -4.10. The van der Waals surface area contributed by atoms with Gasteiger partial charge in [-0.05, 0) is 48.4 Å². The smallest absolute Gasteiger partial charge is 0.343 e. The second-order valence-corrected chi connectivity index (χ2v) is 7.69. The van der Waals surface area contributed by atoms with Gasteiger partial charge in [-0.15, -0.1) is 0 Å². The third-order valence-corrected chi connectivity index (χ3v) is 5.39. The van der Waals surface area contributed by atoms with Crippen molar-refractivity contribution in [1.29, 1.82) is 0 Å². The molecule has 0 amide bonds. The van der Waals surface area contributed by atoms with Gasteiger partial charge in [0.15, 0.2) is 11.6 Å². The minimum Gasteiger partial charge on any atom is -0.508 e. The minimum absolute atomic E-state index is 0.0218. The number of rotatable bonds is 7. The Balaban J connectivity index is 1.51. The molecule has 0 fully saturated rings. The number of ether oxygens (including phenoxy) is 2. The van der Waals surface area contributed by atoms with Gasteiger partial charge < -0.3 is 14.6 Å². The molecule has 0 aliphatic rings. The number of carbonyl (C=O) groups is 1. The van der Waals surface area contributed by atoms with Crippen molar-refractivity contribution >= 4 is 5.97 Å². The number of hydrogen-bond acceptors (Lipinski definition) is 4. The zero-order chi connectivity index (χ0) is 24.9. The first-order valence-electron chi connectivity index (χ1n) is 10.8. The van der Waals surface area contributed by atoms with Gasteiger partial charge in [-0.3, -0.25) is 0 Å². The van der Waals surface area contributed by atoms with E-state index in [0.717, 1.165) is 6.07 Å². The van der Waals surface area contributed by atoms with E-state index in [1.54, 1.807) is 6.92 Å². The number of halogens is 3. The van der Waals surface area contributed by atoms with Crippen molar-refractivity contribution in [1.82, 2.24) is 0 Å². The van der Waals surface area contributed by atoms with Gasteiger partial charge in [0, 0.05) is 29.4 Å². The van der Waals surface area contributed by atoms with Crippen molar-refractivity contribution in [3.8, 4) is 33.8 Å². The quantitative estimate of drug-likeness (QED) is 0.232. The predicted octanol–water partition coefficient (Wildman–Crippen LogP) is 6.90. The van der Waals surface area contributed by atoms with E-state index in [4.69, 9.17) is 9.47 Å². The summed E-state index contributed by atoms with van der Waals surface area (Å²) in [6.07, 6.45) is 0. The normalized spacial score (nSPS) is 10.9. The van der Waals surface area contributed by atoms with E-state index in [1.807, 2.05) is 0 Å². The molecular weight excluding hydrogens is 457 g/mol. The van der Waals surface area contributed by atoms with Crippen LogP contribution < -0.4 is 4.74 Å². The molecule has 35 heavy (non-hydrogen) atoms. The first-order chi connectivity index (χ1) is 16.9. The SMILES string of the molecule is CCOCc1ccc(OC(=O)c2ccc(-c3ccc(-c4ccc(O)cc4)c(F)c3F)cc2)cc1F. The Kier molecular flexibility index (Phi) is 7.17. The Labute approximate surface area is 200 Å². The van der Waals surface area contributed by atoms with Crippen LogP contribution >= 0.6 is 0 Å². The summed E-state index contributed by atoms with van der Waals surface area (Å²) in [4.78, 5) is 12.5. The van der Waals surface area contributed by atoms with Crippen LogP contribution in [0.25, 0.3) is 22.3 Å². The maximum absolute atomic E-state index is 14.8. The molecule has 0 aromatic heterocycles. The molecule has 0 heterocycles. The Bertz CT molecular complexity index is 1350. The standard InChI is InChI=1S/C28H21F3O4/c1-2-34-16-20-9-12-22(15-25(20)29)35-28(33)19-5-3-17(4-6-19)23-13-14-24(27(31)26(23)30)18-7-10-21(32)11-8-18/h3-15,32H,2,16H2,1H3. The molecule has 0 aliphatic heterocycles. The van der Waals surface area contributed by atoms with Gasteiger partial charge in [-0.25, -0.2) is 18.0 Å². The molecule has 0 saturated carbocycles. The van der Waals surface area contributed by atoms with E-state index in [2.05, 4.69) is 0 Å². The maximum atomic E-state index is 14.8. The van der Waals surface area contributed by atoms with E-state index in [9.17, 15) is 23.1 Å². The predicted molar refractivity (Wildman–Crippen MR) is 126 cm³/mol. The van der Waals surface area contributed by atoms with Crippen molar-refractivity contribution in [3.05, 3.63) is 107 Å². The fourth-order valence-corrected chi connectivity index (χ4v) is 3.51. The number of aromatic hydroxyl groups is 1. The number of carbonyl (C=O) groups excluding carboxylic acids is 1. The zero-order valence-electron chi connectivity index (χ0n) is 18.7. The summed E-state index contributed by atoms with van der Waals surface area (Å²) in [5.41, 5.74) is 1.38. The summed E-state index contributed by atoms with van der Waals surface area (Å²) >= 11 is 0. The summed E-state index contributed by atoms with van der Waals surface area (Å²) in [5, 5.41) is 9.39. The fourth-order valence-electron chi connectivity index (χ4n) is 3.51. The average Bonchev–Trinajstić information content (AvgIpc) is 2.86. The van der Waals surface area contributed by atoms with Gasteiger partial charge >= 0.3 is 5.97 Å². The highest BCUT2D eigenvalue weighted by Gasteiger charge is 2.17. The highest BCUT2D eigenvalue weighted by Crippen LogP contribution is 2.32. The molecule has 0 bridgehead atoms. The van der Waals surface area contributed by atoms with Crippen molar-refractivity contribution in [2.45, 2.75) is 13.5 Å². The lowest BCUT2D eigenvalue weighted by atomic mass is 9.98. The molecule has 0 aliphatic carbocycles. The van der Waals surface area contributed by atoms with Crippen LogP contribution in [0.3, 0.4) is 0 Å². The number of phenols is 1. The number of benzene rings is 4. The lowest BCUT2D eigenvalue weighted by Crippen LogP contribution is -2.09. The highest BCUT2D eigenvalue weighted by molar-refractivity contribution is 5.91. The minimum atomic E-state index is -1.03. The average molecular weight is 478 g/mol. The lowest BCUT2D eigenvalue weighted by molar-refractivity contribution is 0.0734. The molecule has 4 aromatic carbocycles. The molecular formula is C28H21F3O4. The van der Waals surface area contributed by atoms with Gasteiger partial charge in [0.1, 0.15) is 17.3 Å². The second-order valence-electron chi connectivity index (χ2n) is 7.69. The zero-order valence-corrected chi connectivity index (χ0v) is 18.7. The van der Waals surface area contributed by atoms with Gasteiger partial charge in [-0.2, -0.15) is 0 Å². The molecule has 4 rings (SSSR count). The van der Waals surface area contributed by atoms with E-state index in [-0.39, 0.29) is 34.8 Å². The van der Waals surface area contributed by atoms with Gasteiger partial charge in [0.25, 0.3) is 0 Å². The maximum Gasteiger partial charge on any atom is 0.343 e. The van der Waals surface area contributed by atoms with Crippen molar-refractivity contribution in [3.63, 3.8) is 0 Å². The van der Waals surface area contributed by atoms with E-state index in [1.165, 1.54) is 72.8 Å². The van der Waals surface area contributed by atoms with Crippen molar-refractivity contribution in [2.75, 3.05) is 6.61 Å². The van der Waals surface area contributed by atoms with Crippen LogP contribution in [-0.2, 0) is 11.3 Å². The Morgan fingerprint density at radius 2 is 1.37 bits per heavy atom. The summed E-state index contributed by atoms with van der Waals surface area (Å²) in [6, 6.07) is 18.5. The molecule has 1 N–H and O–H groups in total. The van der Waals surface area contributed by atoms with Gasteiger partial charge in [0.05, 0.1) is 12.2 Å². The topological polar surface area (TPSA) is 55.8 Å². The summed E-state index contributed by atoms with van der Waals surface area (Å²) in [5.74, 6) is -3.27. The molecule has 0 atom stereocenters. The Morgan fingerprint density at radius 1 is 0.800 bits per heavy atom. The van der Waals surface area contributed by atoms with Crippen molar-refractivity contribution < 1.29 is 32.5 Å². The van der Waals surface area contributed by atoms with Crippen LogP contribution in [0.5, 0.6) is 11.5 Å². The molecule has 4 aromatic rings. The fraction of sp³-hybridized carbons (Fsp3) is 0.107. The number of phenolic OH excluding ortho intramolecular Hbond substituents is 1.